The van der Waals surface area contributed by atoms with Crippen LogP contribution < -0.4 is 5.32 Å². The van der Waals surface area contributed by atoms with Crippen molar-refractivity contribution < 1.29 is 9.59 Å². The Morgan fingerprint density at radius 2 is 1.94 bits per heavy atom. The van der Waals surface area contributed by atoms with E-state index in [0.717, 1.165) is 32.2 Å². The fraction of sp³-hybridized carbons (Fsp3) is 0.857. The van der Waals surface area contributed by atoms with Crippen molar-refractivity contribution in [2.45, 2.75) is 64.7 Å². The van der Waals surface area contributed by atoms with Crippen LogP contribution in [0.25, 0.3) is 0 Å². The zero-order valence-electron chi connectivity index (χ0n) is 11.0. The van der Waals surface area contributed by atoms with Crippen molar-refractivity contribution in [2.75, 3.05) is 6.54 Å². The third kappa shape index (κ3) is 5.33. The van der Waals surface area contributed by atoms with E-state index in [1.54, 1.807) is 0 Å². The third-order valence-corrected chi connectivity index (χ3v) is 3.45. The predicted octanol–water partition coefficient (Wildman–Crippen LogP) is 2.83. The molecular weight excluding hydrogens is 214 g/mol. The van der Waals surface area contributed by atoms with E-state index in [1.165, 1.54) is 25.7 Å². The Kier molecular flexibility index (Phi) is 6.90. The molecule has 1 N–H and O–H groups in total. The van der Waals surface area contributed by atoms with Gasteiger partial charge in [0.15, 0.2) is 0 Å². The molecule has 0 aromatic rings. The summed E-state index contributed by atoms with van der Waals surface area (Å²) in [7, 11) is 0. The Bertz CT molecular complexity index is 251. The lowest BCUT2D eigenvalue weighted by atomic mass is 9.91. The number of amides is 1. The number of rotatable bonds is 8. The lowest BCUT2D eigenvalue weighted by Crippen LogP contribution is -2.40. The minimum atomic E-state index is -0.348. The average molecular weight is 239 g/mol. The van der Waals surface area contributed by atoms with Gasteiger partial charge in [-0.3, -0.25) is 9.59 Å². The van der Waals surface area contributed by atoms with E-state index in [-0.39, 0.29) is 17.6 Å². The summed E-state index contributed by atoms with van der Waals surface area (Å²) in [5.41, 5.74) is 0. The van der Waals surface area contributed by atoms with Gasteiger partial charge in [0.05, 0.1) is 5.92 Å². The molecule has 0 bridgehead atoms. The molecule has 0 radical (unpaired) electrons. The van der Waals surface area contributed by atoms with Crippen LogP contribution in [0.4, 0.5) is 0 Å². The van der Waals surface area contributed by atoms with Gasteiger partial charge in [-0.05, 0) is 19.3 Å². The van der Waals surface area contributed by atoms with Gasteiger partial charge in [-0.2, -0.15) is 0 Å². The summed E-state index contributed by atoms with van der Waals surface area (Å²) in [5.74, 6) is -0.246. The zero-order chi connectivity index (χ0) is 12.5. The molecule has 0 aliphatic carbocycles. The molecule has 1 rings (SSSR count). The van der Waals surface area contributed by atoms with Crippen molar-refractivity contribution in [2.24, 2.45) is 5.92 Å². The monoisotopic (exact) mass is 239 g/mol. The molecule has 0 saturated carbocycles. The normalized spacial score (nSPS) is 20.1. The summed E-state index contributed by atoms with van der Waals surface area (Å²) in [6.07, 6.45) is 9.39. The minimum absolute atomic E-state index is 0.0489. The van der Waals surface area contributed by atoms with Gasteiger partial charge >= 0.3 is 0 Å². The molecule has 1 heterocycles. The Balaban J connectivity index is 2.09. The van der Waals surface area contributed by atoms with Crippen molar-refractivity contribution in [1.82, 2.24) is 5.32 Å². The molecule has 3 nitrogen and oxygen atoms in total. The highest BCUT2D eigenvalue weighted by molar-refractivity contribution is 6.01. The van der Waals surface area contributed by atoms with E-state index >= 15 is 0 Å². The lowest BCUT2D eigenvalue weighted by molar-refractivity contribution is -0.135. The van der Waals surface area contributed by atoms with Crippen molar-refractivity contribution in [3.63, 3.8) is 0 Å². The van der Waals surface area contributed by atoms with Gasteiger partial charge in [-0.15, -0.1) is 0 Å². The SMILES string of the molecule is CCCCCCCCC(=O)C1CCCNC1=O. The van der Waals surface area contributed by atoms with E-state index in [2.05, 4.69) is 12.2 Å². The summed E-state index contributed by atoms with van der Waals surface area (Å²) in [4.78, 5) is 23.3. The third-order valence-electron chi connectivity index (χ3n) is 3.45. The Labute approximate surface area is 104 Å². The van der Waals surface area contributed by atoms with Crippen molar-refractivity contribution in [3.8, 4) is 0 Å². The molecule has 98 valence electrons. The Morgan fingerprint density at radius 3 is 2.65 bits per heavy atom. The second-order valence-electron chi connectivity index (χ2n) is 4.97. The molecule has 1 aliphatic rings. The number of piperidine rings is 1. The maximum atomic E-state index is 11.8. The first-order valence-electron chi connectivity index (χ1n) is 7.06. The van der Waals surface area contributed by atoms with Crippen LogP contribution in [0.2, 0.25) is 0 Å². The number of unbranched alkanes of at least 4 members (excludes halogenated alkanes) is 5. The first kappa shape index (κ1) is 14.2. The molecule has 17 heavy (non-hydrogen) atoms. The van der Waals surface area contributed by atoms with Gasteiger partial charge in [0, 0.05) is 13.0 Å². The first-order valence-corrected chi connectivity index (χ1v) is 7.06. The standard InChI is InChI=1S/C14H25NO2/c1-2-3-4-5-6-7-10-13(16)12-9-8-11-15-14(12)17/h12H,2-11H2,1H3,(H,15,17). The second kappa shape index (κ2) is 8.26. The highest BCUT2D eigenvalue weighted by Crippen LogP contribution is 2.16. The molecule has 0 aromatic carbocycles. The average Bonchev–Trinajstić information content (AvgIpc) is 2.34. The van der Waals surface area contributed by atoms with Gasteiger partial charge in [-0.1, -0.05) is 39.0 Å². The summed E-state index contributed by atoms with van der Waals surface area (Å²) in [5, 5.41) is 2.77. The second-order valence-corrected chi connectivity index (χ2v) is 4.97. The smallest absolute Gasteiger partial charge is 0.230 e. The molecule has 1 unspecified atom stereocenters. The maximum Gasteiger partial charge on any atom is 0.230 e. The van der Waals surface area contributed by atoms with Crippen LogP contribution in [-0.2, 0) is 9.59 Å². The highest BCUT2D eigenvalue weighted by Gasteiger charge is 2.27. The van der Waals surface area contributed by atoms with Crippen LogP contribution in [0.3, 0.4) is 0 Å². The largest absolute Gasteiger partial charge is 0.355 e. The van der Waals surface area contributed by atoms with E-state index in [0.29, 0.717) is 6.42 Å². The molecule has 1 saturated heterocycles. The van der Waals surface area contributed by atoms with Crippen LogP contribution in [-0.4, -0.2) is 18.2 Å². The van der Waals surface area contributed by atoms with Crippen molar-refractivity contribution in [1.29, 1.82) is 0 Å². The topological polar surface area (TPSA) is 46.2 Å². The van der Waals surface area contributed by atoms with Crippen molar-refractivity contribution in [3.05, 3.63) is 0 Å². The molecular formula is C14H25NO2. The summed E-state index contributed by atoms with van der Waals surface area (Å²) in [6.45, 7) is 2.94. The fourth-order valence-corrected chi connectivity index (χ4v) is 2.33. The zero-order valence-corrected chi connectivity index (χ0v) is 11.0. The molecule has 1 fully saturated rings. The fourth-order valence-electron chi connectivity index (χ4n) is 2.33. The van der Waals surface area contributed by atoms with Crippen LogP contribution >= 0.6 is 0 Å². The van der Waals surface area contributed by atoms with Crippen molar-refractivity contribution >= 4 is 11.7 Å². The van der Waals surface area contributed by atoms with Crippen LogP contribution in [0.5, 0.6) is 0 Å². The Morgan fingerprint density at radius 1 is 1.24 bits per heavy atom. The van der Waals surface area contributed by atoms with E-state index in [1.807, 2.05) is 0 Å². The molecule has 0 spiro atoms. The summed E-state index contributed by atoms with van der Waals surface area (Å²) in [6, 6.07) is 0. The number of Topliss-reactive ketones (excluding diaryl/α,β-unsaturated/α-hetero) is 1. The van der Waals surface area contributed by atoms with Crippen LogP contribution in [0.15, 0.2) is 0 Å². The quantitative estimate of drug-likeness (QED) is 0.523. The van der Waals surface area contributed by atoms with E-state index < -0.39 is 0 Å². The first-order chi connectivity index (χ1) is 8.25. The van der Waals surface area contributed by atoms with E-state index in [4.69, 9.17) is 0 Å². The molecule has 0 aromatic heterocycles. The van der Waals surface area contributed by atoms with Gasteiger partial charge < -0.3 is 5.32 Å². The highest BCUT2D eigenvalue weighted by atomic mass is 16.2. The maximum absolute atomic E-state index is 11.8. The molecule has 3 heteroatoms. The lowest BCUT2D eigenvalue weighted by Gasteiger charge is -2.20. The number of carbonyl (C=O) groups is 2. The summed E-state index contributed by atoms with van der Waals surface area (Å²) < 4.78 is 0. The van der Waals surface area contributed by atoms with Crippen LogP contribution in [0, 0.1) is 5.92 Å². The molecule has 1 aliphatic heterocycles. The van der Waals surface area contributed by atoms with Gasteiger partial charge in [0.25, 0.3) is 0 Å². The molecule has 1 atom stereocenters. The number of carbonyl (C=O) groups excluding carboxylic acids is 2. The molecule has 1 amide bonds. The number of hydrogen-bond acceptors (Lipinski definition) is 2. The van der Waals surface area contributed by atoms with Gasteiger partial charge in [-0.25, -0.2) is 0 Å². The Hall–Kier alpha value is -0.860. The number of ketones is 1. The van der Waals surface area contributed by atoms with E-state index in [9.17, 15) is 9.59 Å². The summed E-state index contributed by atoms with van der Waals surface area (Å²) >= 11 is 0. The minimum Gasteiger partial charge on any atom is -0.355 e. The van der Waals surface area contributed by atoms with Crippen LogP contribution in [0.1, 0.15) is 64.7 Å². The predicted molar refractivity (Wildman–Crippen MR) is 68.7 cm³/mol. The van der Waals surface area contributed by atoms with Gasteiger partial charge in [0.2, 0.25) is 5.91 Å². The number of hydrogen-bond donors (Lipinski definition) is 1. The number of nitrogens with one attached hydrogen (secondary N) is 1. The van der Waals surface area contributed by atoms with Gasteiger partial charge in [0.1, 0.15) is 5.78 Å².